The van der Waals surface area contributed by atoms with Crippen molar-refractivity contribution in [2.45, 2.75) is 11.8 Å². The van der Waals surface area contributed by atoms with Crippen LogP contribution in [0, 0.1) is 6.92 Å². The number of thioether (sulfide) groups is 1. The van der Waals surface area contributed by atoms with E-state index in [-0.39, 0.29) is 11.9 Å². The first-order valence-electron chi connectivity index (χ1n) is 5.45. The Hall–Kier alpha value is -1.49. The van der Waals surface area contributed by atoms with Crippen LogP contribution in [-0.2, 0) is 4.79 Å². The average Bonchev–Trinajstić information content (AvgIpc) is 2.74. The van der Waals surface area contributed by atoms with Gasteiger partial charge in [0.2, 0.25) is 5.91 Å². The molecule has 0 aliphatic carbocycles. The first-order valence-corrected chi connectivity index (χ1v) is 6.43. The van der Waals surface area contributed by atoms with Gasteiger partial charge in [0.25, 0.3) is 0 Å². The van der Waals surface area contributed by atoms with Crippen LogP contribution in [0.15, 0.2) is 29.2 Å². The highest BCUT2D eigenvalue weighted by Gasteiger charge is 2.25. The van der Waals surface area contributed by atoms with Crippen molar-refractivity contribution in [3.05, 3.63) is 29.8 Å². The first kappa shape index (κ1) is 12.0. The van der Waals surface area contributed by atoms with Gasteiger partial charge in [-0.1, -0.05) is 18.2 Å². The average molecular weight is 250 g/mol. The predicted molar refractivity (Wildman–Crippen MR) is 67.0 cm³/mol. The fourth-order valence-corrected chi connectivity index (χ4v) is 2.55. The van der Waals surface area contributed by atoms with Crippen LogP contribution in [0.5, 0.6) is 0 Å². The Morgan fingerprint density at radius 1 is 1.47 bits per heavy atom. The molecule has 1 saturated heterocycles. The number of nitrogens with zero attached hydrogens (tertiary/aromatic N) is 1. The van der Waals surface area contributed by atoms with Gasteiger partial charge < -0.3 is 5.32 Å². The van der Waals surface area contributed by atoms with E-state index in [2.05, 4.69) is 5.32 Å². The summed E-state index contributed by atoms with van der Waals surface area (Å²) in [4.78, 5) is 25.4. The van der Waals surface area contributed by atoms with Crippen molar-refractivity contribution in [2.24, 2.45) is 0 Å². The lowest BCUT2D eigenvalue weighted by Crippen LogP contribution is -2.35. The number of hydrogen-bond donors (Lipinski definition) is 1. The normalized spacial score (nSPS) is 14.9. The molecular weight excluding hydrogens is 236 g/mol. The summed E-state index contributed by atoms with van der Waals surface area (Å²) in [6.07, 6.45) is 0. The highest BCUT2D eigenvalue weighted by Crippen LogP contribution is 2.22. The van der Waals surface area contributed by atoms with Crippen molar-refractivity contribution < 1.29 is 9.59 Å². The zero-order valence-corrected chi connectivity index (χ0v) is 10.4. The van der Waals surface area contributed by atoms with Gasteiger partial charge in [0.15, 0.2) is 0 Å². The van der Waals surface area contributed by atoms with Crippen molar-refractivity contribution in [1.29, 1.82) is 0 Å². The van der Waals surface area contributed by atoms with Gasteiger partial charge in [-0.25, -0.2) is 4.79 Å². The van der Waals surface area contributed by atoms with Gasteiger partial charge in [-0.3, -0.25) is 9.69 Å². The largest absolute Gasteiger partial charge is 0.336 e. The minimum absolute atomic E-state index is 0.131. The van der Waals surface area contributed by atoms with E-state index in [4.69, 9.17) is 0 Å². The third-order valence-corrected chi connectivity index (χ3v) is 3.76. The number of nitrogens with one attached hydrogen (secondary N) is 1. The Labute approximate surface area is 104 Å². The Kier molecular flexibility index (Phi) is 3.68. The zero-order chi connectivity index (χ0) is 12.3. The van der Waals surface area contributed by atoms with Gasteiger partial charge in [0, 0.05) is 18.0 Å². The molecular formula is C12H14N2O2S. The fraction of sp³-hybridized carbons (Fsp3) is 0.333. The molecule has 4 nitrogen and oxygen atoms in total. The minimum Gasteiger partial charge on any atom is -0.336 e. The molecule has 1 N–H and O–H groups in total. The van der Waals surface area contributed by atoms with Crippen LogP contribution in [0.25, 0.3) is 0 Å². The molecule has 0 bridgehead atoms. The third kappa shape index (κ3) is 2.79. The van der Waals surface area contributed by atoms with Gasteiger partial charge in [0.1, 0.15) is 0 Å². The number of benzene rings is 1. The molecule has 1 aliphatic rings. The van der Waals surface area contributed by atoms with Crippen LogP contribution in [-0.4, -0.2) is 35.7 Å². The van der Waals surface area contributed by atoms with Gasteiger partial charge in [0.05, 0.1) is 5.75 Å². The second-order valence-corrected chi connectivity index (χ2v) is 4.85. The lowest BCUT2D eigenvalue weighted by Gasteiger charge is -2.12. The standard InChI is InChI=1S/C12H14N2O2S/c1-9-4-2-3-5-10(9)17-8-11(15)14-7-6-13-12(14)16/h2-5H,6-8H2,1H3,(H,13,16). The van der Waals surface area contributed by atoms with E-state index in [1.54, 1.807) is 0 Å². The minimum atomic E-state index is -0.277. The van der Waals surface area contributed by atoms with Crippen molar-refractivity contribution in [3.63, 3.8) is 0 Å². The number of carbonyl (C=O) groups excluding carboxylic acids is 2. The maximum absolute atomic E-state index is 11.8. The quantitative estimate of drug-likeness (QED) is 0.830. The highest BCUT2D eigenvalue weighted by molar-refractivity contribution is 8.00. The number of imide groups is 1. The van der Waals surface area contributed by atoms with Crippen LogP contribution in [0.1, 0.15) is 5.56 Å². The molecule has 1 heterocycles. The third-order valence-electron chi connectivity index (χ3n) is 2.60. The monoisotopic (exact) mass is 250 g/mol. The van der Waals surface area contributed by atoms with Crippen LogP contribution in [0.2, 0.25) is 0 Å². The summed E-state index contributed by atoms with van der Waals surface area (Å²) in [7, 11) is 0. The summed E-state index contributed by atoms with van der Waals surface area (Å²) < 4.78 is 0. The zero-order valence-electron chi connectivity index (χ0n) is 9.60. The van der Waals surface area contributed by atoms with Gasteiger partial charge >= 0.3 is 6.03 Å². The molecule has 0 radical (unpaired) electrons. The van der Waals surface area contributed by atoms with Gasteiger partial charge in [-0.15, -0.1) is 11.8 Å². The molecule has 1 aliphatic heterocycles. The lowest BCUT2D eigenvalue weighted by atomic mass is 10.2. The Morgan fingerprint density at radius 3 is 2.88 bits per heavy atom. The second kappa shape index (κ2) is 5.23. The molecule has 1 aromatic carbocycles. The second-order valence-electron chi connectivity index (χ2n) is 3.83. The lowest BCUT2D eigenvalue weighted by molar-refractivity contribution is -0.124. The molecule has 3 amide bonds. The Bertz CT molecular complexity index is 448. The Balaban J connectivity index is 1.92. The molecule has 0 atom stereocenters. The molecule has 0 unspecified atom stereocenters. The van der Waals surface area contributed by atoms with E-state index >= 15 is 0 Å². The number of urea groups is 1. The van der Waals surface area contributed by atoms with E-state index in [0.29, 0.717) is 18.8 Å². The molecule has 0 spiro atoms. The van der Waals surface area contributed by atoms with E-state index in [1.165, 1.54) is 16.7 Å². The molecule has 2 rings (SSSR count). The maximum Gasteiger partial charge on any atom is 0.324 e. The number of aryl methyl sites for hydroxylation is 1. The van der Waals surface area contributed by atoms with Crippen LogP contribution >= 0.6 is 11.8 Å². The number of hydrogen-bond acceptors (Lipinski definition) is 3. The number of rotatable bonds is 3. The topological polar surface area (TPSA) is 49.4 Å². The SMILES string of the molecule is Cc1ccccc1SCC(=O)N1CCNC1=O. The molecule has 1 aromatic rings. The Morgan fingerprint density at radius 2 is 2.24 bits per heavy atom. The van der Waals surface area contributed by atoms with Crippen molar-refractivity contribution in [1.82, 2.24) is 10.2 Å². The van der Waals surface area contributed by atoms with E-state index in [0.717, 1.165) is 10.5 Å². The number of carbonyl (C=O) groups is 2. The fourth-order valence-electron chi connectivity index (χ4n) is 1.65. The smallest absolute Gasteiger partial charge is 0.324 e. The van der Waals surface area contributed by atoms with Gasteiger partial charge in [-0.2, -0.15) is 0 Å². The van der Waals surface area contributed by atoms with Crippen molar-refractivity contribution in [3.8, 4) is 0 Å². The molecule has 0 saturated carbocycles. The summed E-state index contributed by atoms with van der Waals surface area (Å²) in [5.41, 5.74) is 1.15. The van der Waals surface area contributed by atoms with Crippen LogP contribution in [0.3, 0.4) is 0 Å². The van der Waals surface area contributed by atoms with Gasteiger partial charge in [-0.05, 0) is 18.6 Å². The predicted octanol–water partition coefficient (Wildman–Crippen LogP) is 1.64. The summed E-state index contributed by atoms with van der Waals surface area (Å²) in [5, 5.41) is 2.62. The molecule has 5 heteroatoms. The highest BCUT2D eigenvalue weighted by atomic mass is 32.2. The van der Waals surface area contributed by atoms with E-state index in [1.807, 2.05) is 31.2 Å². The van der Waals surface area contributed by atoms with E-state index < -0.39 is 0 Å². The molecule has 1 fully saturated rings. The summed E-state index contributed by atoms with van der Waals surface area (Å²) in [6, 6.07) is 7.63. The summed E-state index contributed by atoms with van der Waals surface area (Å²) in [6.45, 7) is 3.04. The maximum atomic E-state index is 11.8. The van der Waals surface area contributed by atoms with Crippen molar-refractivity contribution in [2.75, 3.05) is 18.8 Å². The number of amides is 3. The molecule has 90 valence electrons. The first-order chi connectivity index (χ1) is 8.18. The van der Waals surface area contributed by atoms with E-state index in [9.17, 15) is 9.59 Å². The molecule has 0 aromatic heterocycles. The molecule has 17 heavy (non-hydrogen) atoms. The van der Waals surface area contributed by atoms with Crippen molar-refractivity contribution >= 4 is 23.7 Å². The van der Waals surface area contributed by atoms with Crippen LogP contribution in [0.4, 0.5) is 4.79 Å². The van der Waals surface area contributed by atoms with Crippen LogP contribution < -0.4 is 5.32 Å². The summed E-state index contributed by atoms with van der Waals surface area (Å²) in [5.74, 6) is 0.173. The summed E-state index contributed by atoms with van der Waals surface area (Å²) >= 11 is 1.47.